The van der Waals surface area contributed by atoms with Gasteiger partial charge in [0.2, 0.25) is 0 Å². The lowest BCUT2D eigenvalue weighted by Crippen LogP contribution is -2.30. The van der Waals surface area contributed by atoms with Gasteiger partial charge >= 0.3 is 5.97 Å². The van der Waals surface area contributed by atoms with E-state index >= 15 is 0 Å². The number of hydrogen-bond acceptors (Lipinski definition) is 6. The summed E-state index contributed by atoms with van der Waals surface area (Å²) >= 11 is 0. The molecule has 0 saturated heterocycles. The van der Waals surface area contributed by atoms with Gasteiger partial charge in [-0.25, -0.2) is 13.6 Å². The number of non-ortho nitro benzene ring substituents is 1. The Hall–Kier alpha value is -3.56. The number of hydrogen-bond donors (Lipinski definition) is 2. The van der Waals surface area contributed by atoms with Gasteiger partial charge in [0, 0.05) is 18.2 Å². The summed E-state index contributed by atoms with van der Waals surface area (Å²) in [5, 5.41) is 12.7. The van der Waals surface area contributed by atoms with Gasteiger partial charge in [-0.15, -0.1) is 0 Å². The Bertz CT molecular complexity index is 888. The van der Waals surface area contributed by atoms with Crippen molar-refractivity contribution < 1.29 is 28.0 Å². The van der Waals surface area contributed by atoms with Gasteiger partial charge in [0.15, 0.2) is 6.10 Å². The predicted molar refractivity (Wildman–Crippen MR) is 87.4 cm³/mol. The van der Waals surface area contributed by atoms with E-state index in [-0.39, 0.29) is 16.9 Å². The fourth-order valence-corrected chi connectivity index (χ4v) is 1.95. The van der Waals surface area contributed by atoms with Crippen LogP contribution in [-0.4, -0.2) is 22.9 Å². The van der Waals surface area contributed by atoms with E-state index < -0.39 is 40.2 Å². The topological polar surface area (TPSA) is 125 Å². The number of rotatable bonds is 5. The van der Waals surface area contributed by atoms with Crippen molar-refractivity contribution in [1.82, 2.24) is 0 Å². The zero-order valence-corrected chi connectivity index (χ0v) is 13.4. The van der Waals surface area contributed by atoms with Crippen LogP contribution in [0, 0.1) is 21.7 Å². The van der Waals surface area contributed by atoms with Crippen LogP contribution < -0.4 is 11.1 Å². The molecule has 1 atom stereocenters. The number of carbonyl (C=O) groups excluding carboxylic acids is 2. The fourth-order valence-electron chi connectivity index (χ4n) is 1.95. The largest absolute Gasteiger partial charge is 0.449 e. The van der Waals surface area contributed by atoms with Crippen molar-refractivity contribution in [3.63, 3.8) is 0 Å². The number of nitrogens with two attached hydrogens (primary N) is 1. The number of benzene rings is 2. The molecule has 0 aliphatic rings. The van der Waals surface area contributed by atoms with E-state index in [0.717, 1.165) is 36.4 Å². The normalized spacial score (nSPS) is 11.5. The highest BCUT2D eigenvalue weighted by molar-refractivity contribution is 5.99. The van der Waals surface area contributed by atoms with Crippen molar-refractivity contribution in [1.29, 1.82) is 0 Å². The molecule has 1 amide bonds. The lowest BCUT2D eigenvalue weighted by Gasteiger charge is -2.14. The molecule has 2 rings (SSSR count). The zero-order chi connectivity index (χ0) is 19.4. The number of nitro groups is 1. The van der Waals surface area contributed by atoms with Crippen LogP contribution in [-0.2, 0) is 9.53 Å². The summed E-state index contributed by atoms with van der Waals surface area (Å²) in [7, 11) is 0. The molecule has 0 fully saturated rings. The Labute approximate surface area is 145 Å². The summed E-state index contributed by atoms with van der Waals surface area (Å²) in [6.45, 7) is 1.21. The molecule has 0 aliphatic heterocycles. The third-order valence-corrected chi connectivity index (χ3v) is 3.31. The first kappa shape index (κ1) is 18.8. The van der Waals surface area contributed by atoms with Crippen LogP contribution in [0.1, 0.15) is 17.3 Å². The van der Waals surface area contributed by atoms with Crippen molar-refractivity contribution in [2.45, 2.75) is 13.0 Å². The number of amides is 1. The molecule has 0 bridgehead atoms. The minimum absolute atomic E-state index is 0.174. The van der Waals surface area contributed by atoms with E-state index in [0.29, 0.717) is 0 Å². The molecule has 0 radical (unpaired) electrons. The average Bonchev–Trinajstić information content (AvgIpc) is 2.57. The number of carbonyl (C=O) groups is 2. The van der Waals surface area contributed by atoms with E-state index in [1.165, 1.54) is 6.92 Å². The van der Waals surface area contributed by atoms with Gasteiger partial charge < -0.3 is 15.8 Å². The number of anilines is 2. The molecular formula is C16H13F2N3O5. The molecule has 0 saturated carbocycles. The second-order valence-corrected chi connectivity index (χ2v) is 5.19. The van der Waals surface area contributed by atoms with Gasteiger partial charge in [-0.1, -0.05) is 0 Å². The second kappa shape index (κ2) is 7.55. The molecule has 0 heterocycles. The van der Waals surface area contributed by atoms with Crippen molar-refractivity contribution in [3.8, 4) is 0 Å². The van der Waals surface area contributed by atoms with Crippen molar-refractivity contribution in [3.05, 3.63) is 63.7 Å². The lowest BCUT2D eigenvalue weighted by atomic mass is 10.1. The Balaban J connectivity index is 2.07. The summed E-state index contributed by atoms with van der Waals surface area (Å²) in [5.74, 6) is -3.52. The SMILES string of the molecule is C[C@@H](OC(=O)c1ccc([N+](=O)[O-])cc1N)C(=O)Nc1cc(F)ccc1F. The first-order valence-electron chi connectivity index (χ1n) is 7.20. The highest BCUT2D eigenvalue weighted by Crippen LogP contribution is 2.21. The standard InChI is InChI=1S/C16H13F2N3O5/c1-8(15(22)20-14-6-9(17)2-5-12(14)18)26-16(23)11-4-3-10(21(24)25)7-13(11)19/h2-8H,19H2,1H3,(H,20,22)/t8-/m1/s1. The highest BCUT2D eigenvalue weighted by Gasteiger charge is 2.22. The molecule has 8 nitrogen and oxygen atoms in total. The van der Waals surface area contributed by atoms with Crippen LogP contribution in [0.3, 0.4) is 0 Å². The molecule has 2 aromatic rings. The molecule has 10 heteroatoms. The monoisotopic (exact) mass is 365 g/mol. The number of nitrogen functional groups attached to an aromatic ring is 1. The third-order valence-electron chi connectivity index (χ3n) is 3.31. The van der Waals surface area contributed by atoms with Crippen LogP contribution in [0.2, 0.25) is 0 Å². The van der Waals surface area contributed by atoms with Crippen LogP contribution in [0.4, 0.5) is 25.8 Å². The minimum Gasteiger partial charge on any atom is -0.449 e. The minimum atomic E-state index is -1.36. The number of nitrogens with zero attached hydrogens (tertiary/aromatic N) is 1. The molecule has 0 aromatic heterocycles. The van der Waals surface area contributed by atoms with E-state index in [9.17, 15) is 28.5 Å². The van der Waals surface area contributed by atoms with Crippen molar-refractivity contribution in [2.75, 3.05) is 11.1 Å². The summed E-state index contributed by atoms with van der Waals surface area (Å²) in [5.41, 5.74) is 4.48. The lowest BCUT2D eigenvalue weighted by molar-refractivity contribution is -0.384. The van der Waals surface area contributed by atoms with E-state index in [1.54, 1.807) is 0 Å². The van der Waals surface area contributed by atoms with Crippen LogP contribution in [0.5, 0.6) is 0 Å². The molecule has 26 heavy (non-hydrogen) atoms. The first-order chi connectivity index (χ1) is 12.2. The van der Waals surface area contributed by atoms with E-state index in [1.807, 2.05) is 0 Å². The maximum Gasteiger partial charge on any atom is 0.341 e. The van der Waals surface area contributed by atoms with Gasteiger partial charge in [0.25, 0.3) is 11.6 Å². The molecule has 0 unspecified atom stereocenters. The van der Waals surface area contributed by atoms with E-state index in [2.05, 4.69) is 5.32 Å². The maximum absolute atomic E-state index is 13.5. The number of esters is 1. The van der Waals surface area contributed by atoms with Crippen LogP contribution >= 0.6 is 0 Å². The maximum atomic E-state index is 13.5. The predicted octanol–water partition coefficient (Wildman–Crippen LogP) is 2.64. The fraction of sp³-hybridized carbons (Fsp3) is 0.125. The summed E-state index contributed by atoms with van der Waals surface area (Å²) in [6.07, 6.45) is -1.36. The molecule has 136 valence electrons. The molecule has 0 aliphatic carbocycles. The van der Waals surface area contributed by atoms with Gasteiger partial charge in [-0.05, 0) is 25.1 Å². The van der Waals surface area contributed by atoms with Gasteiger partial charge in [0.1, 0.15) is 11.6 Å². The van der Waals surface area contributed by atoms with Crippen LogP contribution in [0.15, 0.2) is 36.4 Å². The van der Waals surface area contributed by atoms with Gasteiger partial charge in [-0.2, -0.15) is 0 Å². The molecule has 0 spiro atoms. The quantitative estimate of drug-likeness (QED) is 0.363. The Morgan fingerprint density at radius 1 is 1.23 bits per heavy atom. The molecule has 3 N–H and O–H groups in total. The average molecular weight is 365 g/mol. The summed E-state index contributed by atoms with van der Waals surface area (Å²) < 4.78 is 31.5. The number of nitro benzene ring substituents is 1. The second-order valence-electron chi connectivity index (χ2n) is 5.19. The summed E-state index contributed by atoms with van der Waals surface area (Å²) in [4.78, 5) is 34.0. The first-order valence-corrected chi connectivity index (χ1v) is 7.20. The van der Waals surface area contributed by atoms with Crippen molar-refractivity contribution >= 4 is 28.9 Å². The smallest absolute Gasteiger partial charge is 0.341 e. The number of ether oxygens (including phenoxy) is 1. The summed E-state index contributed by atoms with van der Waals surface area (Å²) in [6, 6.07) is 5.61. The zero-order valence-electron chi connectivity index (χ0n) is 13.4. The Kier molecular flexibility index (Phi) is 5.45. The van der Waals surface area contributed by atoms with Crippen LogP contribution in [0.25, 0.3) is 0 Å². The highest BCUT2D eigenvalue weighted by atomic mass is 19.1. The Morgan fingerprint density at radius 2 is 1.92 bits per heavy atom. The van der Waals surface area contributed by atoms with E-state index in [4.69, 9.17) is 10.5 Å². The van der Waals surface area contributed by atoms with Crippen molar-refractivity contribution in [2.24, 2.45) is 0 Å². The number of nitrogens with one attached hydrogen (secondary N) is 1. The molecular weight excluding hydrogens is 352 g/mol. The van der Waals surface area contributed by atoms with Gasteiger partial charge in [0.05, 0.1) is 21.9 Å². The van der Waals surface area contributed by atoms with Gasteiger partial charge in [-0.3, -0.25) is 14.9 Å². The number of halogens is 2. The third kappa shape index (κ3) is 4.29. The Morgan fingerprint density at radius 3 is 2.54 bits per heavy atom. The molecule has 2 aromatic carbocycles.